The molecule has 122 valence electrons. The summed E-state index contributed by atoms with van der Waals surface area (Å²) in [5, 5.41) is 8.55. The first-order valence-corrected chi connectivity index (χ1v) is 7.45. The monoisotopic (exact) mass is 324 g/mol. The number of aromatic nitrogens is 4. The molecule has 2 heterocycles. The maximum Gasteiger partial charge on any atom is 0.159 e. The zero-order valence-electron chi connectivity index (χ0n) is 13.7. The second kappa shape index (κ2) is 6.57. The Balaban J connectivity index is 1.81. The molecule has 1 N–H and O–H groups in total. The van der Waals surface area contributed by atoms with Gasteiger partial charge in [0.05, 0.1) is 11.9 Å². The van der Waals surface area contributed by atoms with Crippen LogP contribution in [0.5, 0.6) is 0 Å². The molecule has 0 aliphatic heterocycles. The minimum atomic E-state index is -0.277. The highest BCUT2D eigenvalue weighted by molar-refractivity contribution is 5.79. The van der Waals surface area contributed by atoms with E-state index >= 15 is 0 Å². The van der Waals surface area contributed by atoms with Crippen molar-refractivity contribution in [3.8, 4) is 5.82 Å². The summed E-state index contributed by atoms with van der Waals surface area (Å²) in [5.74, 6) is 1.57. The predicted octanol–water partition coefficient (Wildman–Crippen LogP) is 3.17. The van der Waals surface area contributed by atoms with Gasteiger partial charge in [-0.25, -0.2) is 19.0 Å². The average molecular weight is 324 g/mol. The lowest BCUT2D eigenvalue weighted by Crippen LogP contribution is -2.06. The number of anilines is 1. The van der Waals surface area contributed by atoms with Gasteiger partial charge in [0, 0.05) is 11.8 Å². The van der Waals surface area contributed by atoms with Gasteiger partial charge in [0.2, 0.25) is 0 Å². The Bertz CT molecular complexity index is 883. The molecule has 0 aliphatic carbocycles. The molecule has 0 saturated heterocycles. The van der Waals surface area contributed by atoms with Crippen LogP contribution in [0.15, 0.2) is 41.5 Å². The summed E-state index contributed by atoms with van der Waals surface area (Å²) in [7, 11) is 0. The molecule has 0 amide bonds. The molecule has 0 atom stereocenters. The zero-order valence-corrected chi connectivity index (χ0v) is 13.7. The summed E-state index contributed by atoms with van der Waals surface area (Å²) in [6, 6.07) is 9.82. The third kappa shape index (κ3) is 3.62. The van der Waals surface area contributed by atoms with Crippen LogP contribution in [0.3, 0.4) is 0 Å². The first-order chi connectivity index (χ1) is 11.5. The van der Waals surface area contributed by atoms with E-state index in [0.29, 0.717) is 17.5 Å². The van der Waals surface area contributed by atoms with E-state index in [4.69, 9.17) is 0 Å². The fourth-order valence-electron chi connectivity index (χ4n) is 2.30. The van der Waals surface area contributed by atoms with Crippen molar-refractivity contribution >= 4 is 12.0 Å². The molecule has 0 saturated carbocycles. The Morgan fingerprint density at radius 2 is 1.83 bits per heavy atom. The van der Waals surface area contributed by atoms with Crippen molar-refractivity contribution < 1.29 is 4.39 Å². The molecule has 7 heteroatoms. The largest absolute Gasteiger partial charge is 0.261 e. The number of nitrogens with zero attached hydrogens (tertiary/aromatic N) is 5. The van der Waals surface area contributed by atoms with Crippen molar-refractivity contribution in [1.82, 2.24) is 19.7 Å². The van der Waals surface area contributed by atoms with E-state index in [1.807, 2.05) is 26.8 Å². The van der Waals surface area contributed by atoms with Gasteiger partial charge in [-0.05, 0) is 44.5 Å². The van der Waals surface area contributed by atoms with E-state index in [1.54, 1.807) is 29.1 Å². The van der Waals surface area contributed by atoms with Gasteiger partial charge >= 0.3 is 0 Å². The summed E-state index contributed by atoms with van der Waals surface area (Å²) < 4.78 is 14.6. The molecule has 0 unspecified atom stereocenters. The van der Waals surface area contributed by atoms with Crippen LogP contribution < -0.4 is 5.43 Å². The molecule has 6 nitrogen and oxygen atoms in total. The van der Waals surface area contributed by atoms with E-state index < -0.39 is 0 Å². The Kier molecular flexibility index (Phi) is 4.33. The van der Waals surface area contributed by atoms with Crippen LogP contribution in [0.2, 0.25) is 0 Å². The molecule has 0 spiro atoms. The number of rotatable bonds is 4. The van der Waals surface area contributed by atoms with Crippen molar-refractivity contribution in [2.45, 2.75) is 20.8 Å². The Labute approximate surface area is 139 Å². The summed E-state index contributed by atoms with van der Waals surface area (Å²) in [6.07, 6.45) is 1.60. The third-order valence-electron chi connectivity index (χ3n) is 3.31. The normalized spacial score (nSPS) is 11.2. The molecule has 0 bridgehead atoms. The van der Waals surface area contributed by atoms with E-state index in [2.05, 4.69) is 25.6 Å². The molecule has 3 rings (SSSR count). The standard InChI is InChI=1S/C17H17FN6/c1-11-8-12(2)24(23-11)17-9-16(20-13(3)21-17)22-19-10-14-4-6-15(18)7-5-14/h4-10H,1-3H3,(H,20,21,22). The average Bonchev–Trinajstić information content (AvgIpc) is 2.87. The van der Waals surface area contributed by atoms with Crippen molar-refractivity contribution in [1.29, 1.82) is 0 Å². The van der Waals surface area contributed by atoms with Crippen molar-refractivity contribution in [2.24, 2.45) is 5.10 Å². The summed E-state index contributed by atoms with van der Waals surface area (Å²) in [4.78, 5) is 8.71. The number of hydrogen-bond acceptors (Lipinski definition) is 5. The number of nitrogens with one attached hydrogen (secondary N) is 1. The van der Waals surface area contributed by atoms with Crippen LogP contribution in [0.25, 0.3) is 5.82 Å². The van der Waals surface area contributed by atoms with Crippen LogP contribution in [-0.4, -0.2) is 26.0 Å². The van der Waals surface area contributed by atoms with Crippen LogP contribution in [0, 0.1) is 26.6 Å². The summed E-state index contributed by atoms with van der Waals surface area (Å²) >= 11 is 0. The van der Waals surface area contributed by atoms with Gasteiger partial charge in [-0.1, -0.05) is 12.1 Å². The Hall–Kier alpha value is -3.09. The van der Waals surface area contributed by atoms with Gasteiger partial charge < -0.3 is 0 Å². The highest BCUT2D eigenvalue weighted by Crippen LogP contribution is 2.14. The maximum atomic E-state index is 12.9. The van der Waals surface area contributed by atoms with Crippen molar-refractivity contribution in [2.75, 3.05) is 5.43 Å². The molecule has 0 fully saturated rings. The fraction of sp³-hybridized carbons (Fsp3) is 0.176. The quantitative estimate of drug-likeness (QED) is 0.591. The van der Waals surface area contributed by atoms with E-state index in [-0.39, 0.29) is 5.82 Å². The highest BCUT2D eigenvalue weighted by atomic mass is 19.1. The molecule has 0 aliphatic rings. The Morgan fingerprint density at radius 3 is 2.50 bits per heavy atom. The van der Waals surface area contributed by atoms with Gasteiger partial charge in [0.15, 0.2) is 11.6 Å². The number of aryl methyl sites for hydroxylation is 3. The van der Waals surface area contributed by atoms with E-state index in [1.165, 1.54) is 12.1 Å². The number of hydrogen-bond donors (Lipinski definition) is 1. The van der Waals surface area contributed by atoms with Crippen LogP contribution in [0.4, 0.5) is 10.2 Å². The van der Waals surface area contributed by atoms with Crippen LogP contribution in [-0.2, 0) is 0 Å². The highest BCUT2D eigenvalue weighted by Gasteiger charge is 2.08. The first-order valence-electron chi connectivity index (χ1n) is 7.45. The molecule has 2 aromatic heterocycles. The third-order valence-corrected chi connectivity index (χ3v) is 3.31. The minimum Gasteiger partial charge on any atom is -0.261 e. The number of hydrazone groups is 1. The lowest BCUT2D eigenvalue weighted by atomic mass is 10.2. The lowest BCUT2D eigenvalue weighted by Gasteiger charge is -2.07. The van der Waals surface area contributed by atoms with Gasteiger partial charge in [0.1, 0.15) is 11.6 Å². The molecule has 1 aromatic carbocycles. The van der Waals surface area contributed by atoms with Crippen LogP contribution >= 0.6 is 0 Å². The predicted molar refractivity (Wildman–Crippen MR) is 91.0 cm³/mol. The first kappa shape index (κ1) is 15.8. The molecular weight excluding hydrogens is 307 g/mol. The van der Waals surface area contributed by atoms with Crippen molar-refractivity contribution in [3.05, 3.63) is 65.0 Å². The van der Waals surface area contributed by atoms with Gasteiger partial charge in [-0.2, -0.15) is 10.2 Å². The van der Waals surface area contributed by atoms with Crippen molar-refractivity contribution in [3.63, 3.8) is 0 Å². The van der Waals surface area contributed by atoms with E-state index in [9.17, 15) is 4.39 Å². The molecule has 3 aromatic rings. The number of halogens is 1. The summed E-state index contributed by atoms with van der Waals surface area (Å²) in [6.45, 7) is 5.71. The minimum absolute atomic E-state index is 0.277. The Morgan fingerprint density at radius 1 is 1.08 bits per heavy atom. The van der Waals surface area contributed by atoms with Gasteiger partial charge in [-0.3, -0.25) is 5.43 Å². The smallest absolute Gasteiger partial charge is 0.159 e. The SMILES string of the molecule is Cc1cc(C)n(-c2cc(NN=Cc3ccc(F)cc3)nc(C)n2)n1. The molecule has 0 radical (unpaired) electrons. The molecular formula is C17H17FN6. The number of benzene rings is 1. The summed E-state index contributed by atoms with van der Waals surface area (Å²) in [5.41, 5.74) is 5.57. The lowest BCUT2D eigenvalue weighted by molar-refractivity contribution is 0.628. The fourth-order valence-corrected chi connectivity index (χ4v) is 2.30. The zero-order chi connectivity index (χ0) is 17.1. The second-order valence-corrected chi connectivity index (χ2v) is 5.42. The molecule has 24 heavy (non-hydrogen) atoms. The van der Waals surface area contributed by atoms with Gasteiger partial charge in [-0.15, -0.1) is 0 Å². The van der Waals surface area contributed by atoms with E-state index in [0.717, 1.165) is 17.0 Å². The topological polar surface area (TPSA) is 68.0 Å². The van der Waals surface area contributed by atoms with Gasteiger partial charge in [0.25, 0.3) is 0 Å². The maximum absolute atomic E-state index is 12.9. The second-order valence-electron chi connectivity index (χ2n) is 5.42. The van der Waals surface area contributed by atoms with Crippen LogP contribution in [0.1, 0.15) is 22.8 Å².